The third-order valence-electron chi connectivity index (χ3n) is 3.64. The van der Waals surface area contributed by atoms with Crippen LogP contribution in [0.1, 0.15) is 50.7 Å². The summed E-state index contributed by atoms with van der Waals surface area (Å²) in [7, 11) is 0. The molecule has 0 N–H and O–H groups in total. The second kappa shape index (κ2) is 6.89. The molecule has 2 aromatic carbocycles. The first-order chi connectivity index (χ1) is 10.3. The van der Waals surface area contributed by atoms with Crippen molar-refractivity contribution in [3.8, 4) is 5.75 Å². The maximum atomic E-state index is 12.6. The molecular formula is C18H22ClO2P. The van der Waals surface area contributed by atoms with Crippen LogP contribution >= 0.6 is 18.0 Å². The van der Waals surface area contributed by atoms with Crippen molar-refractivity contribution >= 4 is 23.3 Å². The zero-order chi connectivity index (χ0) is 16.3. The monoisotopic (exact) mass is 336 g/mol. The highest BCUT2D eigenvalue weighted by molar-refractivity contribution is 7.91. The molecule has 0 fully saturated rings. The van der Waals surface area contributed by atoms with Gasteiger partial charge < -0.3 is 4.52 Å². The molecule has 0 radical (unpaired) electrons. The van der Waals surface area contributed by atoms with E-state index in [2.05, 4.69) is 27.7 Å². The standard InChI is InChI=1S/C18H22ClO2P/c1-13(2)15-5-9-17(10-6-15)21-22(19,20)18-11-7-16(8-12-18)14(3)4/h5-14H,1-4H3. The van der Waals surface area contributed by atoms with Crippen LogP contribution in [0.3, 0.4) is 0 Å². The minimum absolute atomic E-state index is 0.424. The molecule has 0 aliphatic carbocycles. The molecule has 2 rings (SSSR count). The van der Waals surface area contributed by atoms with Gasteiger partial charge >= 0.3 is 6.72 Å². The lowest BCUT2D eigenvalue weighted by atomic mass is 10.0. The largest absolute Gasteiger partial charge is 0.430 e. The van der Waals surface area contributed by atoms with Gasteiger partial charge in [-0.15, -0.1) is 0 Å². The van der Waals surface area contributed by atoms with E-state index in [-0.39, 0.29) is 0 Å². The van der Waals surface area contributed by atoms with Crippen LogP contribution in [0.4, 0.5) is 0 Å². The van der Waals surface area contributed by atoms with Crippen molar-refractivity contribution in [2.24, 2.45) is 0 Å². The van der Waals surface area contributed by atoms with E-state index in [1.807, 2.05) is 36.4 Å². The zero-order valence-electron chi connectivity index (χ0n) is 13.4. The molecule has 2 nitrogen and oxygen atoms in total. The molecule has 118 valence electrons. The summed E-state index contributed by atoms with van der Waals surface area (Å²) in [4.78, 5) is 0. The highest BCUT2D eigenvalue weighted by atomic mass is 35.7. The molecule has 0 heterocycles. The van der Waals surface area contributed by atoms with Gasteiger partial charge in [0.1, 0.15) is 5.75 Å². The molecule has 0 saturated carbocycles. The summed E-state index contributed by atoms with van der Waals surface area (Å²) < 4.78 is 18.2. The molecule has 0 bridgehead atoms. The lowest BCUT2D eigenvalue weighted by Crippen LogP contribution is -2.06. The first-order valence-electron chi connectivity index (χ1n) is 7.49. The lowest BCUT2D eigenvalue weighted by Gasteiger charge is -2.15. The molecule has 0 saturated heterocycles. The third-order valence-corrected chi connectivity index (χ3v) is 5.79. The minimum atomic E-state index is -3.38. The van der Waals surface area contributed by atoms with Gasteiger partial charge in [-0.1, -0.05) is 52.0 Å². The summed E-state index contributed by atoms with van der Waals surface area (Å²) in [6.07, 6.45) is 0. The Bertz CT molecular complexity index is 660. The van der Waals surface area contributed by atoms with Gasteiger partial charge in [0.15, 0.2) is 0 Å². The van der Waals surface area contributed by atoms with Crippen molar-refractivity contribution in [2.45, 2.75) is 39.5 Å². The SMILES string of the molecule is CC(C)c1ccc(OP(=O)(Cl)c2ccc(C(C)C)cc2)cc1. The van der Waals surface area contributed by atoms with Gasteiger partial charge in [-0.2, -0.15) is 0 Å². The first-order valence-corrected chi connectivity index (χ1v) is 10.0. The van der Waals surface area contributed by atoms with E-state index in [9.17, 15) is 4.57 Å². The van der Waals surface area contributed by atoms with Crippen LogP contribution in [0.5, 0.6) is 5.75 Å². The second-order valence-corrected chi connectivity index (χ2v) is 9.03. The number of rotatable bonds is 5. The summed E-state index contributed by atoms with van der Waals surface area (Å²) in [5.74, 6) is 1.39. The van der Waals surface area contributed by atoms with Crippen molar-refractivity contribution in [1.29, 1.82) is 0 Å². The second-order valence-electron chi connectivity index (χ2n) is 6.04. The van der Waals surface area contributed by atoms with Gasteiger partial charge in [0, 0.05) is 0 Å². The Morgan fingerprint density at radius 2 is 1.23 bits per heavy atom. The van der Waals surface area contributed by atoms with E-state index >= 15 is 0 Å². The van der Waals surface area contributed by atoms with Crippen molar-refractivity contribution in [1.82, 2.24) is 0 Å². The first kappa shape index (κ1) is 17.1. The highest BCUT2D eigenvalue weighted by Crippen LogP contribution is 2.51. The number of hydrogen-bond donors (Lipinski definition) is 0. The molecule has 2 aromatic rings. The molecule has 0 aliphatic rings. The van der Waals surface area contributed by atoms with E-state index in [4.69, 9.17) is 15.8 Å². The predicted molar refractivity (Wildman–Crippen MR) is 94.8 cm³/mol. The molecule has 0 aromatic heterocycles. The van der Waals surface area contributed by atoms with Crippen LogP contribution in [0.15, 0.2) is 48.5 Å². The van der Waals surface area contributed by atoms with Crippen LogP contribution in [-0.2, 0) is 4.57 Å². The predicted octanol–water partition coefficient (Wildman–Crippen LogP) is 6.07. The lowest BCUT2D eigenvalue weighted by molar-refractivity contribution is 0.508. The van der Waals surface area contributed by atoms with Gasteiger partial charge in [0.25, 0.3) is 0 Å². The van der Waals surface area contributed by atoms with Crippen LogP contribution in [0.2, 0.25) is 0 Å². The topological polar surface area (TPSA) is 26.3 Å². The van der Waals surface area contributed by atoms with Crippen LogP contribution < -0.4 is 9.83 Å². The molecular weight excluding hydrogens is 315 g/mol. The highest BCUT2D eigenvalue weighted by Gasteiger charge is 2.24. The smallest absolute Gasteiger partial charge is 0.366 e. The van der Waals surface area contributed by atoms with Crippen molar-refractivity contribution < 1.29 is 9.09 Å². The van der Waals surface area contributed by atoms with E-state index in [0.717, 1.165) is 0 Å². The Balaban J connectivity index is 2.17. The van der Waals surface area contributed by atoms with Crippen LogP contribution in [0.25, 0.3) is 0 Å². The fourth-order valence-corrected chi connectivity index (χ4v) is 3.72. The minimum Gasteiger partial charge on any atom is -0.430 e. The molecule has 4 heteroatoms. The van der Waals surface area contributed by atoms with Crippen LogP contribution in [-0.4, -0.2) is 0 Å². The Labute approximate surface area is 137 Å². The average Bonchev–Trinajstić information content (AvgIpc) is 2.47. The van der Waals surface area contributed by atoms with Gasteiger partial charge in [-0.3, -0.25) is 4.57 Å². The van der Waals surface area contributed by atoms with E-state index in [0.29, 0.717) is 22.9 Å². The summed E-state index contributed by atoms with van der Waals surface area (Å²) in [5.41, 5.74) is 2.39. The van der Waals surface area contributed by atoms with E-state index in [1.54, 1.807) is 12.1 Å². The molecule has 0 spiro atoms. The summed E-state index contributed by atoms with van der Waals surface area (Å²) in [6.45, 7) is 5.09. The molecule has 0 amide bonds. The molecule has 22 heavy (non-hydrogen) atoms. The molecule has 1 unspecified atom stereocenters. The summed E-state index contributed by atoms with van der Waals surface area (Å²) in [6, 6.07) is 15.0. The van der Waals surface area contributed by atoms with E-state index in [1.165, 1.54) is 11.1 Å². The van der Waals surface area contributed by atoms with E-state index < -0.39 is 6.72 Å². The van der Waals surface area contributed by atoms with Crippen LogP contribution in [0, 0.1) is 0 Å². The Morgan fingerprint density at radius 3 is 1.64 bits per heavy atom. The number of halogens is 1. The Morgan fingerprint density at radius 1 is 0.818 bits per heavy atom. The fraction of sp³-hybridized carbons (Fsp3) is 0.333. The number of benzene rings is 2. The van der Waals surface area contributed by atoms with Crippen molar-refractivity contribution in [2.75, 3.05) is 0 Å². The van der Waals surface area contributed by atoms with Gasteiger partial charge in [-0.05, 0) is 58.5 Å². The Kier molecular flexibility index (Phi) is 5.36. The quantitative estimate of drug-likeness (QED) is 0.619. The Hall–Kier alpha value is -1.24. The molecule has 0 aliphatic heterocycles. The number of hydrogen-bond acceptors (Lipinski definition) is 2. The van der Waals surface area contributed by atoms with Gasteiger partial charge in [-0.25, -0.2) is 0 Å². The average molecular weight is 337 g/mol. The van der Waals surface area contributed by atoms with Gasteiger partial charge in [0.05, 0.1) is 5.30 Å². The zero-order valence-corrected chi connectivity index (χ0v) is 15.1. The molecule has 1 atom stereocenters. The summed E-state index contributed by atoms with van der Waals surface area (Å²) >= 11 is 6.16. The normalized spacial score (nSPS) is 14.1. The van der Waals surface area contributed by atoms with Gasteiger partial charge in [0.2, 0.25) is 0 Å². The summed E-state index contributed by atoms with van der Waals surface area (Å²) in [5, 5.41) is 0.520. The van der Waals surface area contributed by atoms with Crippen molar-refractivity contribution in [3.63, 3.8) is 0 Å². The fourth-order valence-electron chi connectivity index (χ4n) is 2.14. The maximum Gasteiger partial charge on any atom is 0.366 e. The third kappa shape index (κ3) is 4.15. The van der Waals surface area contributed by atoms with Crippen molar-refractivity contribution in [3.05, 3.63) is 59.7 Å². The maximum absolute atomic E-state index is 12.6.